The summed E-state index contributed by atoms with van der Waals surface area (Å²) in [6.45, 7) is 9.92. The van der Waals surface area contributed by atoms with E-state index in [4.69, 9.17) is 0 Å². The zero-order valence-corrected chi connectivity index (χ0v) is 11.0. The van der Waals surface area contributed by atoms with Crippen LogP contribution in [0.1, 0.15) is 46.0 Å². The van der Waals surface area contributed by atoms with Gasteiger partial charge < -0.3 is 5.32 Å². The summed E-state index contributed by atoms with van der Waals surface area (Å²) in [5.74, 6) is 1.89. The summed E-state index contributed by atoms with van der Waals surface area (Å²) >= 11 is 0. The first-order valence-electron chi connectivity index (χ1n) is 7.26. The lowest BCUT2D eigenvalue weighted by Crippen LogP contribution is -2.50. The highest BCUT2D eigenvalue weighted by atomic mass is 15.2. The monoisotopic (exact) mass is 224 g/mol. The molecular weight excluding hydrogens is 196 g/mol. The van der Waals surface area contributed by atoms with Crippen LogP contribution in [0.25, 0.3) is 0 Å². The Labute approximate surface area is 101 Å². The van der Waals surface area contributed by atoms with Crippen LogP contribution in [0.2, 0.25) is 0 Å². The molecule has 2 heterocycles. The highest BCUT2D eigenvalue weighted by Crippen LogP contribution is 2.25. The van der Waals surface area contributed by atoms with Crippen LogP contribution in [0.4, 0.5) is 0 Å². The Hall–Kier alpha value is -0.0800. The average molecular weight is 224 g/mol. The van der Waals surface area contributed by atoms with Gasteiger partial charge in [0.1, 0.15) is 0 Å². The first kappa shape index (κ1) is 12.4. The fourth-order valence-electron chi connectivity index (χ4n) is 3.39. The number of nitrogens with one attached hydrogen (secondary N) is 1. The lowest BCUT2D eigenvalue weighted by atomic mass is 9.93. The summed E-state index contributed by atoms with van der Waals surface area (Å²) in [7, 11) is 0. The third-order valence-electron chi connectivity index (χ3n) is 4.72. The molecule has 0 spiro atoms. The maximum Gasteiger partial charge on any atom is 0.0246 e. The predicted molar refractivity (Wildman–Crippen MR) is 69.6 cm³/mol. The number of hydrogen-bond donors (Lipinski definition) is 1. The minimum atomic E-state index is 0.810. The van der Waals surface area contributed by atoms with Gasteiger partial charge in [-0.05, 0) is 57.2 Å². The molecule has 0 aromatic heterocycles. The number of piperidine rings is 1. The first-order valence-corrected chi connectivity index (χ1v) is 7.26. The standard InChI is InChI=1S/C14H28N2/c1-3-13-5-4-9-16(10-7-13)14-11-15-8-6-12(14)2/h12-15H,3-11H2,1-2H3. The lowest BCUT2D eigenvalue weighted by Gasteiger charge is -2.38. The first-order chi connectivity index (χ1) is 7.81. The quantitative estimate of drug-likeness (QED) is 0.775. The Balaban J connectivity index is 1.88. The van der Waals surface area contributed by atoms with Crippen LogP contribution in [-0.4, -0.2) is 37.1 Å². The van der Waals surface area contributed by atoms with E-state index in [1.54, 1.807) is 0 Å². The normalized spacial score (nSPS) is 38.2. The van der Waals surface area contributed by atoms with E-state index in [1.165, 1.54) is 58.3 Å². The molecule has 0 amide bonds. The van der Waals surface area contributed by atoms with Crippen molar-refractivity contribution in [1.29, 1.82) is 0 Å². The van der Waals surface area contributed by atoms with E-state index < -0.39 is 0 Å². The van der Waals surface area contributed by atoms with Crippen LogP contribution >= 0.6 is 0 Å². The molecule has 0 aromatic carbocycles. The van der Waals surface area contributed by atoms with E-state index in [-0.39, 0.29) is 0 Å². The van der Waals surface area contributed by atoms with Crippen LogP contribution < -0.4 is 5.32 Å². The van der Waals surface area contributed by atoms with Gasteiger partial charge in [0.2, 0.25) is 0 Å². The maximum atomic E-state index is 3.57. The Morgan fingerprint density at radius 2 is 2.06 bits per heavy atom. The summed E-state index contributed by atoms with van der Waals surface area (Å²) in [6.07, 6.45) is 7.05. The smallest absolute Gasteiger partial charge is 0.0246 e. The number of nitrogens with zero attached hydrogens (tertiary/aromatic N) is 1. The van der Waals surface area contributed by atoms with Gasteiger partial charge in [-0.3, -0.25) is 4.90 Å². The van der Waals surface area contributed by atoms with Crippen molar-refractivity contribution in [1.82, 2.24) is 10.2 Å². The summed E-state index contributed by atoms with van der Waals surface area (Å²) in [5, 5.41) is 3.57. The molecule has 2 aliphatic heterocycles. The van der Waals surface area contributed by atoms with Gasteiger partial charge in [0.15, 0.2) is 0 Å². The second-order valence-electron chi connectivity index (χ2n) is 5.78. The van der Waals surface area contributed by atoms with Crippen molar-refractivity contribution in [2.75, 3.05) is 26.2 Å². The van der Waals surface area contributed by atoms with E-state index in [2.05, 4.69) is 24.1 Å². The Kier molecular flexibility index (Phi) is 4.66. The minimum absolute atomic E-state index is 0.810. The number of likely N-dealkylation sites (tertiary alicyclic amines) is 1. The largest absolute Gasteiger partial charge is 0.315 e. The fourth-order valence-corrected chi connectivity index (χ4v) is 3.39. The molecule has 3 atom stereocenters. The second kappa shape index (κ2) is 6.02. The molecule has 2 aliphatic rings. The van der Waals surface area contributed by atoms with E-state index in [0.29, 0.717) is 0 Å². The van der Waals surface area contributed by atoms with E-state index >= 15 is 0 Å². The molecule has 16 heavy (non-hydrogen) atoms. The molecule has 2 nitrogen and oxygen atoms in total. The Bertz CT molecular complexity index is 205. The molecule has 0 aliphatic carbocycles. The van der Waals surface area contributed by atoms with Crippen molar-refractivity contribution in [2.24, 2.45) is 11.8 Å². The van der Waals surface area contributed by atoms with Gasteiger partial charge in [-0.15, -0.1) is 0 Å². The molecule has 0 saturated carbocycles. The zero-order valence-electron chi connectivity index (χ0n) is 11.0. The van der Waals surface area contributed by atoms with Crippen molar-refractivity contribution in [3.63, 3.8) is 0 Å². The molecule has 2 rings (SSSR count). The van der Waals surface area contributed by atoms with Crippen LogP contribution in [-0.2, 0) is 0 Å². The van der Waals surface area contributed by atoms with Gasteiger partial charge in [-0.2, -0.15) is 0 Å². The van der Waals surface area contributed by atoms with Gasteiger partial charge >= 0.3 is 0 Å². The summed E-state index contributed by atoms with van der Waals surface area (Å²) in [4.78, 5) is 2.77. The van der Waals surface area contributed by atoms with Crippen LogP contribution in [0.5, 0.6) is 0 Å². The average Bonchev–Trinajstić information content (AvgIpc) is 2.55. The van der Waals surface area contributed by atoms with Crippen molar-refractivity contribution < 1.29 is 0 Å². The third kappa shape index (κ3) is 2.98. The molecule has 1 N–H and O–H groups in total. The van der Waals surface area contributed by atoms with Crippen LogP contribution in [0.3, 0.4) is 0 Å². The molecule has 0 aromatic rings. The van der Waals surface area contributed by atoms with Crippen LogP contribution in [0, 0.1) is 11.8 Å². The Morgan fingerprint density at radius 1 is 1.19 bits per heavy atom. The SMILES string of the molecule is CCC1CCCN(C2CNCCC2C)CC1. The van der Waals surface area contributed by atoms with Gasteiger partial charge in [-0.1, -0.05) is 20.3 Å². The van der Waals surface area contributed by atoms with Gasteiger partial charge in [-0.25, -0.2) is 0 Å². The van der Waals surface area contributed by atoms with Gasteiger partial charge in [0.05, 0.1) is 0 Å². The maximum absolute atomic E-state index is 3.57. The van der Waals surface area contributed by atoms with Crippen molar-refractivity contribution in [3.8, 4) is 0 Å². The minimum Gasteiger partial charge on any atom is -0.315 e. The van der Waals surface area contributed by atoms with Gasteiger partial charge in [0.25, 0.3) is 0 Å². The highest BCUT2D eigenvalue weighted by molar-refractivity contribution is 4.85. The number of hydrogen-bond acceptors (Lipinski definition) is 2. The van der Waals surface area contributed by atoms with Crippen molar-refractivity contribution >= 4 is 0 Å². The molecular formula is C14H28N2. The molecule has 0 bridgehead atoms. The summed E-state index contributed by atoms with van der Waals surface area (Å²) < 4.78 is 0. The summed E-state index contributed by atoms with van der Waals surface area (Å²) in [6, 6.07) is 0.810. The molecule has 2 saturated heterocycles. The van der Waals surface area contributed by atoms with E-state index in [1.807, 2.05) is 0 Å². The fraction of sp³-hybridized carbons (Fsp3) is 1.00. The predicted octanol–water partition coefficient (Wildman–Crippen LogP) is 2.50. The van der Waals surface area contributed by atoms with Crippen LogP contribution in [0.15, 0.2) is 0 Å². The third-order valence-corrected chi connectivity index (χ3v) is 4.72. The topological polar surface area (TPSA) is 15.3 Å². The molecule has 2 heteroatoms. The highest BCUT2D eigenvalue weighted by Gasteiger charge is 2.28. The summed E-state index contributed by atoms with van der Waals surface area (Å²) in [5.41, 5.74) is 0. The molecule has 2 fully saturated rings. The van der Waals surface area contributed by atoms with Gasteiger partial charge in [0, 0.05) is 12.6 Å². The van der Waals surface area contributed by atoms with E-state index in [9.17, 15) is 0 Å². The molecule has 0 radical (unpaired) electrons. The molecule has 3 unspecified atom stereocenters. The second-order valence-corrected chi connectivity index (χ2v) is 5.78. The Morgan fingerprint density at radius 3 is 2.81 bits per heavy atom. The van der Waals surface area contributed by atoms with Crippen molar-refractivity contribution in [3.05, 3.63) is 0 Å². The molecule has 94 valence electrons. The lowest BCUT2D eigenvalue weighted by molar-refractivity contribution is 0.125. The van der Waals surface area contributed by atoms with E-state index in [0.717, 1.165) is 17.9 Å². The van der Waals surface area contributed by atoms with Crippen molar-refractivity contribution in [2.45, 2.75) is 52.0 Å². The number of rotatable bonds is 2. The zero-order chi connectivity index (χ0) is 11.4.